The van der Waals surface area contributed by atoms with E-state index in [-0.39, 0.29) is 23.4 Å². The van der Waals surface area contributed by atoms with Crippen molar-refractivity contribution >= 4 is 15.9 Å². The van der Waals surface area contributed by atoms with E-state index in [4.69, 9.17) is 5.73 Å². The summed E-state index contributed by atoms with van der Waals surface area (Å²) in [5, 5.41) is 0. The Labute approximate surface area is 125 Å². The number of sulfonamides is 1. The number of carbonyl (C=O) groups excluding carboxylic acids is 1. The van der Waals surface area contributed by atoms with Gasteiger partial charge in [0.1, 0.15) is 0 Å². The zero-order chi connectivity index (χ0) is 15.8. The minimum Gasteiger partial charge on any atom is -0.366 e. The van der Waals surface area contributed by atoms with Crippen LogP contribution in [0.2, 0.25) is 0 Å². The molecule has 5 nitrogen and oxygen atoms in total. The normalized spacial score (nSPS) is 16.8. The maximum absolute atomic E-state index is 12.5. The second kappa shape index (κ2) is 5.27. The Balaban J connectivity index is 2.24. The van der Waals surface area contributed by atoms with Crippen LogP contribution in [0, 0.1) is 0 Å². The lowest BCUT2D eigenvalue weighted by Crippen LogP contribution is -2.31. The number of nitrogens with zero attached hydrogens (tertiary/aromatic N) is 1. The van der Waals surface area contributed by atoms with Gasteiger partial charge in [-0.1, -0.05) is 39.0 Å². The lowest BCUT2D eigenvalue weighted by molar-refractivity contribution is -0.114. The lowest BCUT2D eigenvalue weighted by atomic mass is 9.87. The van der Waals surface area contributed by atoms with Crippen LogP contribution in [0.3, 0.4) is 0 Å². The van der Waals surface area contributed by atoms with Crippen molar-refractivity contribution in [2.45, 2.75) is 31.1 Å². The first-order valence-electron chi connectivity index (χ1n) is 6.72. The van der Waals surface area contributed by atoms with Gasteiger partial charge in [-0.3, -0.25) is 4.79 Å². The molecule has 0 aromatic heterocycles. The van der Waals surface area contributed by atoms with Crippen LogP contribution in [0.5, 0.6) is 0 Å². The molecule has 1 aliphatic rings. The largest absolute Gasteiger partial charge is 0.366 e. The van der Waals surface area contributed by atoms with Gasteiger partial charge in [-0.15, -0.1) is 0 Å². The third-order valence-electron chi connectivity index (χ3n) is 3.56. The van der Waals surface area contributed by atoms with Gasteiger partial charge in [0.15, 0.2) is 0 Å². The van der Waals surface area contributed by atoms with Crippen LogP contribution >= 0.6 is 0 Å². The summed E-state index contributed by atoms with van der Waals surface area (Å²) in [4.78, 5) is 11.3. The topological polar surface area (TPSA) is 80.5 Å². The molecule has 0 saturated heterocycles. The molecule has 1 amide bonds. The summed E-state index contributed by atoms with van der Waals surface area (Å²) in [6.07, 6.45) is 1.56. The van der Waals surface area contributed by atoms with Crippen LogP contribution in [-0.4, -0.2) is 31.7 Å². The summed E-state index contributed by atoms with van der Waals surface area (Å²) in [7, 11) is -3.59. The van der Waals surface area contributed by atoms with Crippen molar-refractivity contribution in [1.29, 1.82) is 0 Å². The number of amides is 1. The highest BCUT2D eigenvalue weighted by Gasteiger charge is 2.29. The van der Waals surface area contributed by atoms with Gasteiger partial charge in [0.2, 0.25) is 15.9 Å². The quantitative estimate of drug-likeness (QED) is 0.916. The van der Waals surface area contributed by atoms with E-state index < -0.39 is 15.9 Å². The molecule has 1 aromatic rings. The molecule has 0 spiro atoms. The first-order chi connectivity index (χ1) is 9.62. The van der Waals surface area contributed by atoms with E-state index >= 15 is 0 Å². The fourth-order valence-corrected chi connectivity index (χ4v) is 3.53. The molecule has 2 N–H and O–H groups in total. The summed E-state index contributed by atoms with van der Waals surface area (Å²) in [6, 6.07) is 6.87. The molecule has 2 rings (SSSR count). The van der Waals surface area contributed by atoms with Crippen molar-refractivity contribution in [3.8, 4) is 0 Å². The van der Waals surface area contributed by atoms with Crippen LogP contribution in [0.25, 0.3) is 0 Å². The predicted octanol–water partition coefficient (Wildman–Crippen LogP) is 1.40. The number of benzene rings is 1. The molecular weight excluding hydrogens is 288 g/mol. The molecule has 0 bridgehead atoms. The Hall–Kier alpha value is -1.66. The van der Waals surface area contributed by atoms with Crippen LogP contribution in [0.1, 0.15) is 26.3 Å². The maximum Gasteiger partial charge on any atom is 0.245 e. The van der Waals surface area contributed by atoms with E-state index in [1.54, 1.807) is 18.2 Å². The standard InChI is InChI=1S/C15H20N2O3S/c1-15(2,3)12-4-6-13(7-5-12)21(19,20)17-9-8-11(10-17)14(16)18/h4-8H,9-10H2,1-3H3,(H2,16,18). The molecule has 6 heteroatoms. The Morgan fingerprint density at radius 1 is 1.19 bits per heavy atom. The van der Waals surface area contributed by atoms with E-state index in [1.165, 1.54) is 4.31 Å². The van der Waals surface area contributed by atoms with Gasteiger partial charge in [-0.05, 0) is 23.1 Å². The van der Waals surface area contributed by atoms with Crippen molar-refractivity contribution in [3.05, 3.63) is 41.5 Å². The summed E-state index contributed by atoms with van der Waals surface area (Å²) in [5.41, 5.74) is 6.56. The van der Waals surface area contributed by atoms with Gasteiger partial charge >= 0.3 is 0 Å². The second-order valence-corrected chi connectivity index (χ2v) is 8.10. The van der Waals surface area contributed by atoms with E-state index in [0.717, 1.165) is 5.56 Å². The summed E-state index contributed by atoms with van der Waals surface area (Å²) >= 11 is 0. The molecular formula is C15H20N2O3S. The molecule has 1 aromatic carbocycles. The Kier molecular flexibility index (Phi) is 3.95. The van der Waals surface area contributed by atoms with Gasteiger partial charge in [0.05, 0.1) is 4.90 Å². The van der Waals surface area contributed by atoms with Crippen molar-refractivity contribution in [2.24, 2.45) is 5.73 Å². The van der Waals surface area contributed by atoms with Crippen molar-refractivity contribution < 1.29 is 13.2 Å². The molecule has 114 valence electrons. The van der Waals surface area contributed by atoms with Crippen molar-refractivity contribution in [1.82, 2.24) is 4.31 Å². The SMILES string of the molecule is CC(C)(C)c1ccc(S(=O)(=O)N2CC=C(C(N)=O)C2)cc1. The van der Waals surface area contributed by atoms with E-state index in [9.17, 15) is 13.2 Å². The molecule has 21 heavy (non-hydrogen) atoms. The highest BCUT2D eigenvalue weighted by Crippen LogP contribution is 2.25. The first kappa shape index (κ1) is 15.7. The number of hydrogen-bond donors (Lipinski definition) is 1. The summed E-state index contributed by atoms with van der Waals surface area (Å²) < 4.78 is 26.3. The van der Waals surface area contributed by atoms with Gasteiger partial charge in [0.25, 0.3) is 0 Å². The predicted molar refractivity (Wildman–Crippen MR) is 81.2 cm³/mol. The molecule has 1 heterocycles. The second-order valence-electron chi connectivity index (χ2n) is 6.17. The van der Waals surface area contributed by atoms with Crippen molar-refractivity contribution in [3.63, 3.8) is 0 Å². The number of nitrogens with two attached hydrogens (primary N) is 1. The van der Waals surface area contributed by atoms with Crippen molar-refractivity contribution in [2.75, 3.05) is 13.1 Å². The van der Waals surface area contributed by atoms with Gasteiger partial charge in [-0.25, -0.2) is 8.42 Å². The minimum atomic E-state index is -3.59. The van der Waals surface area contributed by atoms with Crippen LogP contribution < -0.4 is 5.73 Å². The molecule has 0 aliphatic carbocycles. The Morgan fingerprint density at radius 3 is 2.19 bits per heavy atom. The Bertz CT molecular complexity index is 683. The molecule has 0 unspecified atom stereocenters. The minimum absolute atomic E-state index is 0.0311. The highest BCUT2D eigenvalue weighted by atomic mass is 32.2. The zero-order valence-electron chi connectivity index (χ0n) is 12.5. The van der Waals surface area contributed by atoms with Gasteiger partial charge in [0, 0.05) is 18.7 Å². The van der Waals surface area contributed by atoms with Gasteiger partial charge in [-0.2, -0.15) is 4.31 Å². The first-order valence-corrected chi connectivity index (χ1v) is 8.16. The van der Waals surface area contributed by atoms with Crippen LogP contribution in [-0.2, 0) is 20.2 Å². The summed E-state index contributed by atoms with van der Waals surface area (Å²) in [5.74, 6) is -0.573. The third kappa shape index (κ3) is 3.16. The van der Waals surface area contributed by atoms with Crippen LogP contribution in [0.4, 0.5) is 0 Å². The lowest BCUT2D eigenvalue weighted by Gasteiger charge is -2.20. The van der Waals surface area contributed by atoms with E-state index in [0.29, 0.717) is 5.57 Å². The molecule has 0 saturated carbocycles. The van der Waals surface area contributed by atoms with Crippen LogP contribution in [0.15, 0.2) is 40.8 Å². The number of carbonyl (C=O) groups is 1. The number of hydrogen-bond acceptors (Lipinski definition) is 3. The summed E-state index contributed by atoms with van der Waals surface area (Å²) in [6.45, 7) is 6.43. The Morgan fingerprint density at radius 2 is 1.76 bits per heavy atom. The number of rotatable bonds is 3. The van der Waals surface area contributed by atoms with E-state index in [2.05, 4.69) is 20.8 Å². The highest BCUT2D eigenvalue weighted by molar-refractivity contribution is 7.89. The fraction of sp³-hybridized carbons (Fsp3) is 0.400. The zero-order valence-corrected chi connectivity index (χ0v) is 13.3. The molecule has 0 fully saturated rings. The maximum atomic E-state index is 12.5. The molecule has 1 aliphatic heterocycles. The number of primary amides is 1. The molecule has 0 radical (unpaired) electrons. The average molecular weight is 308 g/mol. The van der Waals surface area contributed by atoms with Gasteiger partial charge < -0.3 is 5.73 Å². The average Bonchev–Trinajstić information content (AvgIpc) is 2.88. The fourth-order valence-electron chi connectivity index (χ4n) is 2.17. The third-order valence-corrected chi connectivity index (χ3v) is 5.39. The van der Waals surface area contributed by atoms with E-state index in [1.807, 2.05) is 12.1 Å². The monoisotopic (exact) mass is 308 g/mol. The smallest absolute Gasteiger partial charge is 0.245 e. The molecule has 0 atom stereocenters.